The van der Waals surface area contributed by atoms with E-state index in [2.05, 4.69) is 10.6 Å². The lowest BCUT2D eigenvalue weighted by molar-refractivity contribution is -0.136. The molecular formula is C19H26N4O5S. The van der Waals surface area contributed by atoms with Crippen LogP contribution in [0.2, 0.25) is 0 Å². The van der Waals surface area contributed by atoms with E-state index in [1.54, 1.807) is 0 Å². The Hall–Kier alpha value is -2.46. The van der Waals surface area contributed by atoms with Gasteiger partial charge in [0.2, 0.25) is 15.9 Å². The zero-order chi connectivity index (χ0) is 21.4. The molecule has 2 atom stereocenters. The molecule has 1 aromatic carbocycles. The standard InChI is InChI=1S/C19H26N4O5S/c1-13-6-4-5-11-19(13)17(25)23(18(26)21-19)12-16(24)20-14-7-9-15(10-8-14)29(27,28)22(2)3/h7-10,13H,4-6,11-12H2,1-3H3,(H,20,24)(H,21,26)/t13-,19-/m1/s1. The molecule has 1 saturated carbocycles. The minimum atomic E-state index is -3.56. The molecule has 1 spiro atoms. The van der Waals surface area contributed by atoms with Crippen molar-refractivity contribution >= 4 is 33.6 Å². The van der Waals surface area contributed by atoms with Gasteiger partial charge in [-0.05, 0) is 43.0 Å². The molecule has 0 radical (unpaired) electrons. The summed E-state index contributed by atoms with van der Waals surface area (Å²) in [5.74, 6) is -0.860. The molecule has 2 aliphatic rings. The first kappa shape index (κ1) is 21.3. The Bertz CT molecular complexity index is 928. The van der Waals surface area contributed by atoms with Crippen LogP contribution in [0.25, 0.3) is 0 Å². The molecule has 9 nitrogen and oxygen atoms in total. The van der Waals surface area contributed by atoms with Gasteiger partial charge in [0, 0.05) is 19.8 Å². The van der Waals surface area contributed by atoms with Crippen LogP contribution in [-0.4, -0.2) is 61.6 Å². The number of sulfonamides is 1. The molecule has 1 saturated heterocycles. The van der Waals surface area contributed by atoms with Crippen molar-refractivity contribution in [2.24, 2.45) is 5.92 Å². The Morgan fingerprint density at radius 2 is 1.90 bits per heavy atom. The van der Waals surface area contributed by atoms with Crippen molar-refractivity contribution in [1.29, 1.82) is 0 Å². The fourth-order valence-electron chi connectivity index (χ4n) is 3.90. The second kappa shape index (κ2) is 7.75. The van der Waals surface area contributed by atoms with E-state index >= 15 is 0 Å². The molecule has 1 aliphatic heterocycles. The van der Waals surface area contributed by atoms with Gasteiger partial charge in [-0.3, -0.25) is 14.5 Å². The third kappa shape index (κ3) is 3.86. The van der Waals surface area contributed by atoms with Crippen LogP contribution < -0.4 is 10.6 Å². The lowest BCUT2D eigenvalue weighted by Gasteiger charge is -2.36. The van der Waals surface area contributed by atoms with E-state index in [-0.39, 0.29) is 16.7 Å². The minimum absolute atomic E-state index is 0.0203. The summed E-state index contributed by atoms with van der Waals surface area (Å²) < 4.78 is 25.3. The Morgan fingerprint density at radius 1 is 1.24 bits per heavy atom. The molecular weight excluding hydrogens is 396 g/mol. The molecule has 2 N–H and O–H groups in total. The van der Waals surface area contributed by atoms with Crippen LogP contribution in [0, 0.1) is 5.92 Å². The van der Waals surface area contributed by atoms with Crippen molar-refractivity contribution in [2.75, 3.05) is 26.0 Å². The first-order valence-corrected chi connectivity index (χ1v) is 11.0. The monoisotopic (exact) mass is 422 g/mol. The first-order valence-electron chi connectivity index (χ1n) is 9.54. The highest BCUT2D eigenvalue weighted by atomic mass is 32.2. The van der Waals surface area contributed by atoms with Gasteiger partial charge in [-0.25, -0.2) is 17.5 Å². The maximum absolute atomic E-state index is 12.9. The number of nitrogens with one attached hydrogen (secondary N) is 2. The lowest BCUT2D eigenvalue weighted by atomic mass is 9.73. The van der Waals surface area contributed by atoms with Gasteiger partial charge in [0.05, 0.1) is 4.90 Å². The molecule has 1 aromatic rings. The highest BCUT2D eigenvalue weighted by molar-refractivity contribution is 7.89. The highest BCUT2D eigenvalue weighted by Gasteiger charge is 2.55. The summed E-state index contributed by atoms with van der Waals surface area (Å²) in [6.45, 7) is 1.56. The zero-order valence-electron chi connectivity index (χ0n) is 16.8. The summed E-state index contributed by atoms with van der Waals surface area (Å²) in [5.41, 5.74) is -0.529. The summed E-state index contributed by atoms with van der Waals surface area (Å²) in [5, 5.41) is 5.41. The number of hydrogen-bond acceptors (Lipinski definition) is 5. The van der Waals surface area contributed by atoms with E-state index in [9.17, 15) is 22.8 Å². The molecule has 29 heavy (non-hydrogen) atoms. The van der Waals surface area contributed by atoms with Gasteiger partial charge in [0.25, 0.3) is 5.91 Å². The molecule has 1 heterocycles. The molecule has 10 heteroatoms. The Kier molecular flexibility index (Phi) is 5.68. The lowest BCUT2D eigenvalue weighted by Crippen LogP contribution is -2.54. The van der Waals surface area contributed by atoms with E-state index in [4.69, 9.17) is 0 Å². The Labute approximate surface area is 170 Å². The quantitative estimate of drug-likeness (QED) is 0.696. The largest absolute Gasteiger partial charge is 0.325 e. The van der Waals surface area contributed by atoms with Crippen LogP contribution in [0.5, 0.6) is 0 Å². The molecule has 1 aliphatic carbocycles. The van der Waals surface area contributed by atoms with Gasteiger partial charge in [-0.15, -0.1) is 0 Å². The van der Waals surface area contributed by atoms with E-state index < -0.39 is 34.0 Å². The topological polar surface area (TPSA) is 116 Å². The minimum Gasteiger partial charge on any atom is -0.325 e. The normalized spacial score (nSPS) is 24.8. The van der Waals surface area contributed by atoms with Gasteiger partial charge >= 0.3 is 6.03 Å². The first-order chi connectivity index (χ1) is 13.6. The van der Waals surface area contributed by atoms with Gasteiger partial charge in [-0.1, -0.05) is 19.8 Å². The van der Waals surface area contributed by atoms with E-state index in [0.717, 1.165) is 28.5 Å². The van der Waals surface area contributed by atoms with Crippen molar-refractivity contribution in [3.05, 3.63) is 24.3 Å². The predicted octanol–water partition coefficient (Wildman–Crippen LogP) is 1.38. The van der Waals surface area contributed by atoms with Gasteiger partial charge in [0.15, 0.2) is 0 Å². The highest BCUT2D eigenvalue weighted by Crippen LogP contribution is 2.38. The number of hydrogen-bond donors (Lipinski definition) is 2. The van der Waals surface area contributed by atoms with Crippen molar-refractivity contribution in [3.8, 4) is 0 Å². The van der Waals surface area contributed by atoms with Crippen molar-refractivity contribution in [3.63, 3.8) is 0 Å². The van der Waals surface area contributed by atoms with Crippen LogP contribution in [0.1, 0.15) is 32.6 Å². The second-order valence-electron chi connectivity index (χ2n) is 7.80. The maximum atomic E-state index is 12.9. The van der Waals surface area contributed by atoms with E-state index in [0.29, 0.717) is 12.1 Å². The third-order valence-electron chi connectivity index (χ3n) is 5.72. The van der Waals surface area contributed by atoms with Crippen LogP contribution in [0.3, 0.4) is 0 Å². The van der Waals surface area contributed by atoms with E-state index in [1.165, 1.54) is 38.4 Å². The van der Waals surface area contributed by atoms with Crippen molar-refractivity contribution in [2.45, 2.75) is 43.0 Å². The fraction of sp³-hybridized carbons (Fsp3) is 0.526. The van der Waals surface area contributed by atoms with Gasteiger partial charge in [0.1, 0.15) is 12.1 Å². The summed E-state index contributed by atoms with van der Waals surface area (Å²) in [4.78, 5) is 38.7. The Balaban J connectivity index is 1.67. The number of anilines is 1. The predicted molar refractivity (Wildman–Crippen MR) is 107 cm³/mol. The number of rotatable bonds is 5. The van der Waals surface area contributed by atoms with Gasteiger partial charge in [-0.2, -0.15) is 0 Å². The number of urea groups is 1. The number of amides is 4. The maximum Gasteiger partial charge on any atom is 0.325 e. The number of benzene rings is 1. The van der Waals surface area contributed by atoms with Crippen molar-refractivity contribution < 1.29 is 22.8 Å². The van der Waals surface area contributed by atoms with Gasteiger partial charge < -0.3 is 10.6 Å². The Morgan fingerprint density at radius 3 is 2.48 bits per heavy atom. The van der Waals surface area contributed by atoms with Crippen LogP contribution in [0.15, 0.2) is 29.2 Å². The average Bonchev–Trinajstić information content (AvgIpc) is 2.89. The molecule has 4 amide bonds. The summed E-state index contributed by atoms with van der Waals surface area (Å²) in [6, 6.07) is 5.15. The molecule has 2 fully saturated rings. The molecule has 0 aromatic heterocycles. The number of carbonyl (C=O) groups excluding carboxylic acids is 3. The summed E-state index contributed by atoms with van der Waals surface area (Å²) in [7, 11) is -0.694. The SMILES string of the molecule is C[C@@H]1CCCC[C@@]12NC(=O)N(CC(=O)Nc1ccc(S(=O)(=O)N(C)C)cc1)C2=O. The molecule has 3 rings (SSSR count). The molecule has 0 bridgehead atoms. The molecule has 158 valence electrons. The number of carbonyl (C=O) groups is 3. The fourth-order valence-corrected chi connectivity index (χ4v) is 4.81. The second-order valence-corrected chi connectivity index (χ2v) is 9.95. The van der Waals surface area contributed by atoms with Crippen LogP contribution in [-0.2, 0) is 19.6 Å². The zero-order valence-corrected chi connectivity index (χ0v) is 17.6. The summed E-state index contributed by atoms with van der Waals surface area (Å²) in [6.07, 6.45) is 3.32. The third-order valence-corrected chi connectivity index (χ3v) is 7.55. The number of imide groups is 1. The van der Waals surface area contributed by atoms with Crippen LogP contribution in [0.4, 0.5) is 10.5 Å². The number of nitrogens with zero attached hydrogens (tertiary/aromatic N) is 2. The average molecular weight is 423 g/mol. The van der Waals surface area contributed by atoms with Crippen molar-refractivity contribution in [1.82, 2.24) is 14.5 Å². The molecule has 0 unspecified atom stereocenters. The van der Waals surface area contributed by atoms with E-state index in [1.807, 2.05) is 6.92 Å². The smallest absolute Gasteiger partial charge is 0.325 e. The van der Waals surface area contributed by atoms with Crippen LogP contribution >= 0.6 is 0 Å². The summed E-state index contributed by atoms with van der Waals surface area (Å²) >= 11 is 0.